The van der Waals surface area contributed by atoms with Crippen LogP contribution < -0.4 is 5.32 Å². The molecule has 0 aromatic heterocycles. The Kier molecular flexibility index (Phi) is 2.81. The van der Waals surface area contributed by atoms with E-state index < -0.39 is 11.7 Å². The zero-order valence-electron chi connectivity index (χ0n) is 8.08. The van der Waals surface area contributed by atoms with Crippen LogP contribution in [0.5, 0.6) is 0 Å². The maximum absolute atomic E-state index is 10.4. The van der Waals surface area contributed by atoms with E-state index in [0.717, 1.165) is 19.3 Å². The van der Waals surface area contributed by atoms with E-state index in [2.05, 4.69) is 5.32 Å². The topological polar surface area (TPSA) is 69.6 Å². The molecule has 3 N–H and O–H groups in total. The average Bonchev–Trinajstić information content (AvgIpc) is 2.66. The Balaban J connectivity index is 2.46. The fourth-order valence-corrected chi connectivity index (χ4v) is 1.36. The van der Waals surface area contributed by atoms with E-state index in [1.807, 2.05) is 0 Å². The monoisotopic (exact) mass is 187 g/mol. The molecule has 0 saturated heterocycles. The fourth-order valence-electron chi connectivity index (χ4n) is 1.36. The van der Waals surface area contributed by atoms with E-state index in [1.165, 1.54) is 0 Å². The second-order valence-corrected chi connectivity index (χ2v) is 4.33. The van der Waals surface area contributed by atoms with Crippen molar-refractivity contribution >= 4 is 6.09 Å². The highest BCUT2D eigenvalue weighted by Gasteiger charge is 2.34. The normalized spacial score (nSPS) is 19.6. The molecule has 1 aliphatic rings. The van der Waals surface area contributed by atoms with Crippen molar-refractivity contribution in [1.29, 1.82) is 0 Å². The van der Waals surface area contributed by atoms with Crippen LogP contribution in [0.2, 0.25) is 0 Å². The molecule has 0 bridgehead atoms. The lowest BCUT2D eigenvalue weighted by Gasteiger charge is -2.29. The predicted molar refractivity (Wildman–Crippen MR) is 48.6 cm³/mol. The largest absolute Gasteiger partial charge is 0.465 e. The Bertz CT molecular complexity index is 194. The average molecular weight is 187 g/mol. The minimum absolute atomic E-state index is 0.350. The lowest BCUT2D eigenvalue weighted by atomic mass is 9.94. The molecular formula is C9H17NO3. The molecule has 13 heavy (non-hydrogen) atoms. The SMILES string of the molecule is CC(C)(O)C(CC1CC1)NC(=O)O. The van der Waals surface area contributed by atoms with Gasteiger partial charge in [0.1, 0.15) is 0 Å². The van der Waals surface area contributed by atoms with Crippen LogP contribution in [0.4, 0.5) is 4.79 Å². The number of aliphatic hydroxyl groups is 1. The Morgan fingerprint density at radius 1 is 1.62 bits per heavy atom. The first-order valence-electron chi connectivity index (χ1n) is 4.61. The molecule has 0 aliphatic heterocycles. The van der Waals surface area contributed by atoms with Crippen LogP contribution in [0.1, 0.15) is 33.1 Å². The van der Waals surface area contributed by atoms with Crippen molar-refractivity contribution in [3.05, 3.63) is 0 Å². The van der Waals surface area contributed by atoms with Crippen LogP contribution in [0.25, 0.3) is 0 Å². The maximum atomic E-state index is 10.4. The highest BCUT2D eigenvalue weighted by Crippen LogP contribution is 2.35. The van der Waals surface area contributed by atoms with E-state index in [0.29, 0.717) is 5.92 Å². The van der Waals surface area contributed by atoms with Gasteiger partial charge in [-0.25, -0.2) is 4.79 Å². The summed E-state index contributed by atoms with van der Waals surface area (Å²) in [7, 11) is 0. The van der Waals surface area contributed by atoms with Gasteiger partial charge in [-0.15, -0.1) is 0 Å². The molecule has 1 atom stereocenters. The fraction of sp³-hybridized carbons (Fsp3) is 0.889. The zero-order valence-corrected chi connectivity index (χ0v) is 8.08. The number of carboxylic acid groups (broad SMARTS) is 1. The van der Waals surface area contributed by atoms with E-state index >= 15 is 0 Å². The molecule has 1 unspecified atom stereocenters. The molecule has 4 heteroatoms. The minimum Gasteiger partial charge on any atom is -0.465 e. The van der Waals surface area contributed by atoms with Gasteiger partial charge in [-0.05, 0) is 26.2 Å². The molecule has 76 valence electrons. The Labute approximate surface area is 78.0 Å². The molecule has 0 aromatic rings. The van der Waals surface area contributed by atoms with E-state index in [4.69, 9.17) is 5.11 Å². The molecule has 1 amide bonds. The number of hydrogen-bond acceptors (Lipinski definition) is 2. The summed E-state index contributed by atoms with van der Waals surface area (Å²) in [6.07, 6.45) is 2.00. The van der Waals surface area contributed by atoms with Gasteiger partial charge in [0.15, 0.2) is 0 Å². The summed E-state index contributed by atoms with van der Waals surface area (Å²) < 4.78 is 0. The summed E-state index contributed by atoms with van der Waals surface area (Å²) in [5, 5.41) is 20.6. The summed E-state index contributed by atoms with van der Waals surface area (Å²) in [5.74, 6) is 0.600. The lowest BCUT2D eigenvalue weighted by Crippen LogP contribution is -2.49. The van der Waals surface area contributed by atoms with Crippen LogP contribution >= 0.6 is 0 Å². The number of nitrogens with one attached hydrogen (secondary N) is 1. The third kappa shape index (κ3) is 3.63. The molecular weight excluding hydrogens is 170 g/mol. The first-order valence-corrected chi connectivity index (χ1v) is 4.61. The Morgan fingerprint density at radius 2 is 2.15 bits per heavy atom. The van der Waals surface area contributed by atoms with E-state index in [-0.39, 0.29) is 6.04 Å². The van der Waals surface area contributed by atoms with Crippen LogP contribution in [-0.2, 0) is 0 Å². The first-order chi connectivity index (χ1) is 5.89. The second-order valence-electron chi connectivity index (χ2n) is 4.33. The van der Waals surface area contributed by atoms with Gasteiger partial charge < -0.3 is 15.5 Å². The molecule has 0 radical (unpaired) electrons. The van der Waals surface area contributed by atoms with Gasteiger partial charge in [-0.2, -0.15) is 0 Å². The Morgan fingerprint density at radius 3 is 2.46 bits per heavy atom. The maximum Gasteiger partial charge on any atom is 0.404 e. The van der Waals surface area contributed by atoms with Crippen molar-refractivity contribution < 1.29 is 15.0 Å². The molecule has 0 aromatic carbocycles. The van der Waals surface area contributed by atoms with Crippen molar-refractivity contribution in [3.8, 4) is 0 Å². The molecule has 4 nitrogen and oxygen atoms in total. The number of rotatable bonds is 4. The number of hydrogen-bond donors (Lipinski definition) is 3. The highest BCUT2D eigenvalue weighted by molar-refractivity contribution is 5.65. The zero-order chi connectivity index (χ0) is 10.1. The highest BCUT2D eigenvalue weighted by atomic mass is 16.4. The quantitative estimate of drug-likeness (QED) is 0.619. The van der Waals surface area contributed by atoms with Gasteiger partial charge in [0.25, 0.3) is 0 Å². The lowest BCUT2D eigenvalue weighted by molar-refractivity contribution is 0.0327. The summed E-state index contributed by atoms with van der Waals surface area (Å²) in [5.41, 5.74) is -0.971. The van der Waals surface area contributed by atoms with Gasteiger partial charge in [0.2, 0.25) is 0 Å². The van der Waals surface area contributed by atoms with Crippen LogP contribution in [0, 0.1) is 5.92 Å². The molecule has 1 fully saturated rings. The number of amides is 1. The van der Waals surface area contributed by atoms with Crippen LogP contribution in [0.3, 0.4) is 0 Å². The van der Waals surface area contributed by atoms with E-state index in [9.17, 15) is 9.90 Å². The van der Waals surface area contributed by atoms with Gasteiger partial charge in [0, 0.05) is 0 Å². The van der Waals surface area contributed by atoms with Crippen molar-refractivity contribution in [3.63, 3.8) is 0 Å². The predicted octanol–water partition coefficient (Wildman–Crippen LogP) is 1.19. The summed E-state index contributed by atoms with van der Waals surface area (Å²) in [6.45, 7) is 3.27. The first kappa shape index (κ1) is 10.3. The summed E-state index contributed by atoms with van der Waals surface area (Å²) in [6, 6.07) is -0.350. The van der Waals surface area contributed by atoms with E-state index in [1.54, 1.807) is 13.8 Å². The molecule has 1 saturated carbocycles. The standard InChI is InChI=1S/C9H17NO3/c1-9(2,13)7(10-8(11)12)5-6-3-4-6/h6-7,10,13H,3-5H2,1-2H3,(H,11,12). The molecule has 0 spiro atoms. The van der Waals surface area contributed by atoms with Crippen molar-refractivity contribution in [2.45, 2.75) is 44.8 Å². The van der Waals surface area contributed by atoms with Gasteiger partial charge in [0.05, 0.1) is 11.6 Å². The van der Waals surface area contributed by atoms with Crippen LogP contribution in [-0.4, -0.2) is 27.9 Å². The summed E-state index contributed by atoms with van der Waals surface area (Å²) in [4.78, 5) is 10.4. The van der Waals surface area contributed by atoms with Crippen molar-refractivity contribution in [2.75, 3.05) is 0 Å². The van der Waals surface area contributed by atoms with Gasteiger partial charge >= 0.3 is 6.09 Å². The minimum atomic E-state index is -1.06. The summed E-state index contributed by atoms with van der Waals surface area (Å²) >= 11 is 0. The van der Waals surface area contributed by atoms with Crippen molar-refractivity contribution in [2.24, 2.45) is 5.92 Å². The molecule has 1 aliphatic carbocycles. The third-order valence-electron chi connectivity index (χ3n) is 2.42. The van der Waals surface area contributed by atoms with Crippen LogP contribution in [0.15, 0.2) is 0 Å². The van der Waals surface area contributed by atoms with Gasteiger partial charge in [-0.3, -0.25) is 0 Å². The smallest absolute Gasteiger partial charge is 0.404 e. The number of carbonyl (C=O) groups is 1. The van der Waals surface area contributed by atoms with Crippen molar-refractivity contribution in [1.82, 2.24) is 5.32 Å². The van der Waals surface area contributed by atoms with Gasteiger partial charge in [-0.1, -0.05) is 12.8 Å². The Hall–Kier alpha value is -0.770. The third-order valence-corrected chi connectivity index (χ3v) is 2.42. The molecule has 0 heterocycles. The molecule has 1 rings (SSSR count). The second kappa shape index (κ2) is 3.54.